The lowest BCUT2D eigenvalue weighted by Crippen LogP contribution is -2.44. The van der Waals surface area contributed by atoms with Crippen molar-refractivity contribution in [1.29, 1.82) is 5.41 Å². The predicted molar refractivity (Wildman–Crippen MR) is 162 cm³/mol. The summed E-state index contributed by atoms with van der Waals surface area (Å²) in [6.45, 7) is 12.6. The number of nitrogens with zero attached hydrogens (tertiary/aromatic N) is 6. The van der Waals surface area contributed by atoms with Gasteiger partial charge in [0.1, 0.15) is 11.5 Å². The summed E-state index contributed by atoms with van der Waals surface area (Å²) in [7, 11) is 4.52. The van der Waals surface area contributed by atoms with E-state index >= 15 is 0 Å². The average Bonchev–Trinajstić information content (AvgIpc) is 3.21. The third kappa shape index (κ3) is 8.01. The van der Waals surface area contributed by atoms with Gasteiger partial charge in [0.25, 0.3) is 0 Å². The second-order valence-electron chi connectivity index (χ2n) is 11.1. The van der Waals surface area contributed by atoms with Crippen LogP contribution in [0.4, 0.5) is 5.69 Å². The monoisotopic (exact) mass is 542 g/mol. The van der Waals surface area contributed by atoms with Gasteiger partial charge >= 0.3 is 0 Å². The highest BCUT2D eigenvalue weighted by atomic mass is 16.2. The summed E-state index contributed by atoms with van der Waals surface area (Å²) >= 11 is 0. The van der Waals surface area contributed by atoms with E-state index in [0.29, 0.717) is 48.7 Å². The molecule has 1 atom stereocenters. The van der Waals surface area contributed by atoms with Gasteiger partial charge in [-0.2, -0.15) is 0 Å². The Morgan fingerprint density at radius 3 is 2.58 bits per heavy atom. The first-order chi connectivity index (χ1) is 18.9. The normalized spacial score (nSPS) is 16.8. The highest BCUT2D eigenvalue weighted by Crippen LogP contribution is 2.34. The van der Waals surface area contributed by atoms with E-state index in [2.05, 4.69) is 45.7 Å². The molecule has 10 nitrogen and oxygen atoms in total. The number of likely N-dealkylation sites (tertiary alicyclic amines) is 1. The summed E-state index contributed by atoms with van der Waals surface area (Å²) in [4.78, 5) is 47.2. The number of aliphatic imine (C=N–C) groups is 1. The van der Waals surface area contributed by atoms with E-state index in [1.54, 1.807) is 24.7 Å². The molecular weight excluding hydrogens is 503 g/mol. The second kappa shape index (κ2) is 13.4. The average molecular weight is 542 g/mol. The van der Waals surface area contributed by atoms with E-state index in [-0.39, 0.29) is 35.3 Å². The molecule has 0 radical (unpaired) electrons. The number of nitrogens with one attached hydrogen (secondary N) is 2. The molecule has 2 aromatic rings. The number of carbonyl (C=O) groups is 2. The van der Waals surface area contributed by atoms with Crippen molar-refractivity contribution in [1.82, 2.24) is 24.8 Å². The Kier molecular flexibility index (Phi) is 10.2. The molecule has 0 saturated carbocycles. The van der Waals surface area contributed by atoms with Gasteiger partial charge in [-0.05, 0) is 38.9 Å². The summed E-state index contributed by atoms with van der Waals surface area (Å²) < 4.78 is 0. The Morgan fingerprint density at radius 2 is 1.98 bits per heavy atom. The minimum atomic E-state index is -0.386. The van der Waals surface area contributed by atoms with Gasteiger partial charge in [0.15, 0.2) is 5.78 Å². The summed E-state index contributed by atoms with van der Waals surface area (Å²) in [5.41, 5.74) is 2.71. The fraction of sp³-hybridized carbons (Fsp3) is 0.414. The Labute approximate surface area is 237 Å². The number of carbonyl (C=O) groups excluding carboxylic acids is 2. The third-order valence-electron chi connectivity index (χ3n) is 6.62. The summed E-state index contributed by atoms with van der Waals surface area (Å²) in [5, 5.41) is 11.6. The largest absolute Gasteiger partial charge is 0.374 e. The molecule has 3 rings (SSSR count). The van der Waals surface area contributed by atoms with E-state index < -0.39 is 0 Å². The number of pyridine rings is 1. The highest BCUT2D eigenvalue weighted by molar-refractivity contribution is 6.79. The van der Waals surface area contributed by atoms with Crippen molar-refractivity contribution in [2.75, 3.05) is 32.5 Å². The van der Waals surface area contributed by atoms with Crippen LogP contribution >= 0.6 is 0 Å². The van der Waals surface area contributed by atoms with Crippen LogP contribution in [0.25, 0.3) is 11.3 Å². The molecule has 210 valence electrons. The van der Waals surface area contributed by atoms with Crippen LogP contribution in [0.2, 0.25) is 0 Å². The van der Waals surface area contributed by atoms with Crippen LogP contribution in [0.1, 0.15) is 45.5 Å². The van der Waals surface area contributed by atoms with Gasteiger partial charge < -0.3 is 15.1 Å². The van der Waals surface area contributed by atoms with Crippen LogP contribution < -0.4 is 5.32 Å². The zero-order valence-electron chi connectivity index (χ0n) is 24.4. The predicted octanol–water partition coefficient (Wildman–Crippen LogP) is 3.11. The highest BCUT2D eigenvalue weighted by Gasteiger charge is 2.40. The summed E-state index contributed by atoms with van der Waals surface area (Å²) in [6.07, 6.45) is 11.2. The molecule has 11 heteroatoms. The lowest BCUT2D eigenvalue weighted by molar-refractivity contribution is -0.129. The maximum absolute atomic E-state index is 13.5. The van der Waals surface area contributed by atoms with Crippen molar-refractivity contribution in [2.24, 2.45) is 10.4 Å². The first-order valence-corrected chi connectivity index (χ1v) is 13.3. The number of rotatable bonds is 12. The number of allylic oxidation sites excluding steroid dienone is 2. The molecule has 0 aromatic carbocycles. The van der Waals surface area contributed by atoms with Crippen LogP contribution in [-0.2, 0) is 16.1 Å². The van der Waals surface area contributed by atoms with E-state index in [1.165, 1.54) is 13.1 Å². The fourth-order valence-corrected chi connectivity index (χ4v) is 4.87. The summed E-state index contributed by atoms with van der Waals surface area (Å²) in [5.74, 6) is 0.233. The summed E-state index contributed by atoms with van der Waals surface area (Å²) in [6, 6.07) is 1.66. The lowest BCUT2D eigenvalue weighted by Gasteiger charge is -2.25. The molecule has 0 bridgehead atoms. The van der Waals surface area contributed by atoms with E-state index in [0.717, 1.165) is 12.0 Å². The molecule has 0 unspecified atom stereocenters. The van der Waals surface area contributed by atoms with Crippen molar-refractivity contribution in [2.45, 2.75) is 46.6 Å². The Hall–Kier alpha value is -3.99. The molecule has 2 aromatic heterocycles. The number of aromatic nitrogens is 3. The minimum Gasteiger partial charge on any atom is -0.374 e. The molecule has 1 aliphatic heterocycles. The van der Waals surface area contributed by atoms with Crippen molar-refractivity contribution in [3.63, 3.8) is 0 Å². The Bertz CT molecular complexity index is 1320. The van der Waals surface area contributed by atoms with Gasteiger partial charge in [-0.15, -0.1) is 0 Å². The van der Waals surface area contributed by atoms with E-state index in [9.17, 15) is 9.59 Å². The Morgan fingerprint density at radius 1 is 1.27 bits per heavy atom. The SMILES string of the molecule is C=C/N=C(B[C@@H]1CC(C)(C)CN1C(=O)CNc1cnc(-c2cnc(CN(C)C)nc2)cc1C(=N)C(C)=O)\C=C/C. The standard InChI is InChI=1S/C29H39BN8O2/c1-8-10-24(32-9-2)30-25-12-29(4,5)18-38(25)27(40)16-34-23-15-33-22(11-21(23)28(31)19(3)39)20-13-35-26(36-14-20)17-37(6)7/h8-11,13-15,25,30-31,34H,2,12,16-18H2,1,3-7H3/b10-8-,31-28?,32-24+/t25-/m0/s1. The maximum atomic E-state index is 13.5. The van der Waals surface area contributed by atoms with Crippen molar-refractivity contribution in [3.05, 3.63) is 61.0 Å². The smallest absolute Gasteiger partial charge is 0.241 e. The van der Waals surface area contributed by atoms with Crippen LogP contribution in [0.5, 0.6) is 0 Å². The zero-order valence-corrected chi connectivity index (χ0v) is 24.4. The molecule has 0 aliphatic carbocycles. The third-order valence-corrected chi connectivity index (χ3v) is 6.62. The van der Waals surface area contributed by atoms with Crippen molar-refractivity contribution < 1.29 is 9.59 Å². The Balaban J connectivity index is 1.82. The van der Waals surface area contributed by atoms with E-state index in [1.807, 2.05) is 43.0 Å². The minimum absolute atomic E-state index is 0.00478. The second-order valence-corrected chi connectivity index (χ2v) is 11.1. The van der Waals surface area contributed by atoms with E-state index in [4.69, 9.17) is 5.41 Å². The molecule has 1 aliphatic rings. The molecule has 1 saturated heterocycles. The topological polar surface area (TPSA) is 128 Å². The number of amides is 1. The van der Waals surface area contributed by atoms with Crippen LogP contribution in [0, 0.1) is 10.8 Å². The van der Waals surface area contributed by atoms with Crippen molar-refractivity contribution in [3.8, 4) is 11.3 Å². The number of Topliss-reactive ketones (excluding diaryl/α,β-unsaturated/α-hetero) is 1. The molecule has 1 amide bonds. The number of ketones is 1. The number of hydrogen-bond donors (Lipinski definition) is 2. The molecule has 0 spiro atoms. The number of hydrogen-bond acceptors (Lipinski definition) is 9. The molecule has 1 fully saturated rings. The van der Waals surface area contributed by atoms with Gasteiger partial charge in [-0.1, -0.05) is 32.6 Å². The van der Waals surface area contributed by atoms with Crippen LogP contribution in [0.3, 0.4) is 0 Å². The number of anilines is 1. The zero-order chi connectivity index (χ0) is 29.4. The van der Waals surface area contributed by atoms with Gasteiger partial charge in [-0.3, -0.25) is 25.0 Å². The first kappa shape index (κ1) is 30.6. The van der Waals surface area contributed by atoms with Crippen LogP contribution in [-0.4, -0.2) is 88.2 Å². The van der Waals surface area contributed by atoms with Gasteiger partial charge in [0.2, 0.25) is 13.2 Å². The first-order valence-electron chi connectivity index (χ1n) is 13.3. The lowest BCUT2D eigenvalue weighted by atomic mass is 9.62. The van der Waals surface area contributed by atoms with Crippen molar-refractivity contribution >= 4 is 36.0 Å². The van der Waals surface area contributed by atoms with Gasteiger partial charge in [0.05, 0.1) is 30.7 Å². The maximum Gasteiger partial charge on any atom is 0.241 e. The molecule has 3 heterocycles. The van der Waals surface area contributed by atoms with Gasteiger partial charge in [0, 0.05) is 54.7 Å². The quantitative estimate of drug-likeness (QED) is 0.312. The van der Waals surface area contributed by atoms with Gasteiger partial charge in [-0.25, -0.2) is 9.97 Å². The van der Waals surface area contributed by atoms with Crippen LogP contribution in [0.15, 0.2) is 54.6 Å². The fourth-order valence-electron chi connectivity index (χ4n) is 4.87. The molecular formula is C29H39BN8O2. The molecule has 2 N–H and O–H groups in total. The molecule has 40 heavy (non-hydrogen) atoms.